The van der Waals surface area contributed by atoms with Crippen LogP contribution in [-0.4, -0.2) is 43.7 Å². The smallest absolute Gasteiger partial charge is 0.238 e. The number of nitrogens with zero attached hydrogens (tertiary/aromatic N) is 1. The fraction of sp³-hybridized carbons (Fsp3) is 0.417. The van der Waals surface area contributed by atoms with Crippen molar-refractivity contribution in [3.05, 3.63) is 29.1 Å². The molecule has 0 aliphatic carbocycles. The van der Waals surface area contributed by atoms with Crippen molar-refractivity contribution in [2.45, 2.75) is 0 Å². The molecule has 2 rings (SSSR count). The van der Waals surface area contributed by atoms with E-state index in [1.807, 2.05) is 0 Å². The first-order valence-electron chi connectivity index (χ1n) is 6.03. The van der Waals surface area contributed by atoms with Crippen molar-refractivity contribution < 1.29 is 31.5 Å². The monoisotopic (exact) mass is 310 g/mol. The van der Waals surface area contributed by atoms with E-state index < -0.39 is 40.7 Å². The summed E-state index contributed by atoms with van der Waals surface area (Å²) in [6.45, 7) is 1.43. The Balaban J connectivity index is 2.13. The molecule has 1 aliphatic heterocycles. The summed E-state index contributed by atoms with van der Waals surface area (Å²) < 4.78 is 70.6. The lowest BCUT2D eigenvalue weighted by molar-refractivity contribution is -0.118. The molecule has 1 fully saturated rings. The predicted molar refractivity (Wildman–Crippen MR) is 62.1 cm³/mol. The fourth-order valence-electron chi connectivity index (χ4n) is 1.86. The maximum atomic E-state index is 13.4. The summed E-state index contributed by atoms with van der Waals surface area (Å²) in [7, 11) is 0. The standard InChI is InChI=1S/C12H11F5N2O2/c13-7-8(14)10(16)12(11(17)9(7)15)18-6(20)5-19-1-3-21-4-2-19/h1-5H2,(H,18,20). The van der Waals surface area contributed by atoms with Crippen molar-refractivity contribution >= 4 is 11.6 Å². The highest BCUT2D eigenvalue weighted by Crippen LogP contribution is 2.27. The lowest BCUT2D eigenvalue weighted by Gasteiger charge is -2.25. The van der Waals surface area contributed by atoms with Crippen LogP contribution in [0.5, 0.6) is 0 Å². The Bertz CT molecular complexity index is 532. The van der Waals surface area contributed by atoms with Crippen LogP contribution in [0.15, 0.2) is 0 Å². The van der Waals surface area contributed by atoms with Gasteiger partial charge in [-0.3, -0.25) is 9.69 Å². The van der Waals surface area contributed by atoms with Crippen LogP contribution in [-0.2, 0) is 9.53 Å². The Morgan fingerprint density at radius 1 is 0.952 bits per heavy atom. The maximum Gasteiger partial charge on any atom is 0.238 e. The zero-order valence-corrected chi connectivity index (χ0v) is 10.7. The van der Waals surface area contributed by atoms with E-state index in [0.29, 0.717) is 26.3 Å². The van der Waals surface area contributed by atoms with Crippen LogP contribution in [0.1, 0.15) is 0 Å². The van der Waals surface area contributed by atoms with Crippen molar-refractivity contribution in [2.24, 2.45) is 0 Å². The number of ether oxygens (including phenoxy) is 1. The minimum atomic E-state index is -2.27. The zero-order chi connectivity index (χ0) is 15.6. The molecule has 1 saturated heterocycles. The second kappa shape index (κ2) is 6.35. The molecule has 0 bridgehead atoms. The molecule has 0 saturated carbocycles. The largest absolute Gasteiger partial charge is 0.379 e. The summed E-state index contributed by atoms with van der Waals surface area (Å²) in [6.07, 6.45) is 0. The third-order valence-electron chi connectivity index (χ3n) is 2.95. The number of hydrogen-bond acceptors (Lipinski definition) is 3. The van der Waals surface area contributed by atoms with Gasteiger partial charge in [-0.25, -0.2) is 22.0 Å². The number of morpholine rings is 1. The van der Waals surface area contributed by atoms with Gasteiger partial charge in [-0.05, 0) is 0 Å². The Labute approximate surface area is 116 Å². The topological polar surface area (TPSA) is 41.6 Å². The molecule has 0 atom stereocenters. The third kappa shape index (κ3) is 3.30. The van der Waals surface area contributed by atoms with Crippen LogP contribution in [0.25, 0.3) is 0 Å². The molecule has 1 aromatic carbocycles. The van der Waals surface area contributed by atoms with E-state index in [9.17, 15) is 26.7 Å². The maximum absolute atomic E-state index is 13.4. The Kier molecular flexibility index (Phi) is 4.73. The van der Waals surface area contributed by atoms with Crippen molar-refractivity contribution in [3.63, 3.8) is 0 Å². The first-order chi connectivity index (χ1) is 9.91. The first-order valence-corrected chi connectivity index (χ1v) is 6.03. The van der Waals surface area contributed by atoms with Crippen molar-refractivity contribution in [1.82, 2.24) is 4.90 Å². The normalized spacial score (nSPS) is 16.0. The number of hydrogen-bond donors (Lipinski definition) is 1. The number of carbonyl (C=O) groups is 1. The molecule has 4 nitrogen and oxygen atoms in total. The summed E-state index contributed by atoms with van der Waals surface area (Å²) in [5.74, 6) is -11.5. The van der Waals surface area contributed by atoms with E-state index >= 15 is 0 Å². The molecule has 1 N–H and O–H groups in total. The molecule has 1 aromatic rings. The number of halogens is 5. The van der Waals surface area contributed by atoms with Crippen molar-refractivity contribution in [2.75, 3.05) is 38.2 Å². The highest BCUT2D eigenvalue weighted by Gasteiger charge is 2.27. The SMILES string of the molecule is O=C(CN1CCOCC1)Nc1c(F)c(F)c(F)c(F)c1F. The highest BCUT2D eigenvalue weighted by atomic mass is 19.2. The predicted octanol–water partition coefficient (Wildman–Crippen LogP) is 1.65. The molecule has 9 heteroatoms. The van der Waals surface area contributed by atoms with Gasteiger partial charge in [0.25, 0.3) is 0 Å². The van der Waals surface area contributed by atoms with Gasteiger partial charge < -0.3 is 10.1 Å². The third-order valence-corrected chi connectivity index (χ3v) is 2.95. The second-order valence-corrected chi connectivity index (χ2v) is 4.38. The minimum absolute atomic E-state index is 0.233. The van der Waals surface area contributed by atoms with Gasteiger partial charge in [-0.1, -0.05) is 0 Å². The van der Waals surface area contributed by atoms with Gasteiger partial charge in [0.2, 0.25) is 11.7 Å². The number of anilines is 1. The molecule has 0 unspecified atom stereocenters. The Hall–Kier alpha value is -1.74. The average molecular weight is 310 g/mol. The summed E-state index contributed by atoms with van der Waals surface area (Å²) in [4.78, 5) is 13.3. The number of rotatable bonds is 3. The van der Waals surface area contributed by atoms with E-state index in [0.717, 1.165) is 0 Å². The van der Waals surface area contributed by atoms with Crippen LogP contribution < -0.4 is 5.32 Å². The molecule has 1 heterocycles. The Morgan fingerprint density at radius 3 is 1.95 bits per heavy atom. The van der Waals surface area contributed by atoms with Crippen molar-refractivity contribution in [3.8, 4) is 0 Å². The van der Waals surface area contributed by atoms with E-state index in [2.05, 4.69) is 0 Å². The lowest BCUT2D eigenvalue weighted by Crippen LogP contribution is -2.41. The molecule has 21 heavy (non-hydrogen) atoms. The second-order valence-electron chi connectivity index (χ2n) is 4.38. The quantitative estimate of drug-likeness (QED) is 0.524. The molecule has 1 aliphatic rings. The molecule has 116 valence electrons. The van der Waals surface area contributed by atoms with Crippen LogP contribution in [0.3, 0.4) is 0 Å². The molecular formula is C12H11F5N2O2. The van der Waals surface area contributed by atoms with Gasteiger partial charge >= 0.3 is 0 Å². The van der Waals surface area contributed by atoms with Gasteiger partial charge in [0.15, 0.2) is 23.3 Å². The highest BCUT2D eigenvalue weighted by molar-refractivity contribution is 5.92. The molecule has 0 radical (unpaired) electrons. The number of carbonyl (C=O) groups excluding carboxylic acids is 1. The number of nitrogens with one attached hydrogen (secondary N) is 1. The summed E-state index contributed by atoms with van der Waals surface area (Å²) in [6, 6.07) is 0. The number of amides is 1. The van der Waals surface area contributed by atoms with Gasteiger partial charge in [-0.2, -0.15) is 0 Å². The minimum Gasteiger partial charge on any atom is -0.379 e. The first kappa shape index (κ1) is 15.6. The van der Waals surface area contributed by atoms with E-state index in [4.69, 9.17) is 4.74 Å². The molecule has 0 aromatic heterocycles. The molecular weight excluding hydrogens is 299 g/mol. The molecule has 0 spiro atoms. The summed E-state index contributed by atoms with van der Waals surface area (Å²) in [5, 5.41) is 1.72. The molecule has 1 amide bonds. The van der Waals surface area contributed by atoms with Gasteiger partial charge in [0.1, 0.15) is 5.69 Å². The van der Waals surface area contributed by atoms with Crippen LogP contribution in [0.2, 0.25) is 0 Å². The number of benzene rings is 1. The van der Waals surface area contributed by atoms with Crippen LogP contribution in [0.4, 0.5) is 27.6 Å². The van der Waals surface area contributed by atoms with Gasteiger partial charge in [0, 0.05) is 13.1 Å². The average Bonchev–Trinajstić information content (AvgIpc) is 2.48. The van der Waals surface area contributed by atoms with Crippen LogP contribution >= 0.6 is 0 Å². The van der Waals surface area contributed by atoms with Gasteiger partial charge in [0.05, 0.1) is 19.8 Å². The van der Waals surface area contributed by atoms with Crippen molar-refractivity contribution in [1.29, 1.82) is 0 Å². The fourth-order valence-corrected chi connectivity index (χ4v) is 1.86. The lowest BCUT2D eigenvalue weighted by atomic mass is 10.2. The zero-order valence-electron chi connectivity index (χ0n) is 10.7. The van der Waals surface area contributed by atoms with Gasteiger partial charge in [-0.15, -0.1) is 0 Å². The Morgan fingerprint density at radius 2 is 1.43 bits per heavy atom. The summed E-state index contributed by atoms with van der Waals surface area (Å²) >= 11 is 0. The van der Waals surface area contributed by atoms with E-state index in [1.54, 1.807) is 10.2 Å². The van der Waals surface area contributed by atoms with E-state index in [1.165, 1.54) is 0 Å². The summed E-state index contributed by atoms with van der Waals surface area (Å²) in [5.41, 5.74) is -1.34. The van der Waals surface area contributed by atoms with E-state index in [-0.39, 0.29) is 6.54 Å². The van der Waals surface area contributed by atoms with Crippen LogP contribution in [0, 0.1) is 29.1 Å².